The molecule has 17 heavy (non-hydrogen) atoms. The molecule has 0 bridgehead atoms. The molecule has 1 atom stereocenters. The average molecular weight is 243 g/mol. The van der Waals surface area contributed by atoms with Crippen molar-refractivity contribution >= 4 is 11.9 Å². The molecule has 1 amide bonds. The summed E-state index contributed by atoms with van der Waals surface area (Å²) in [6.07, 6.45) is 2.60. The van der Waals surface area contributed by atoms with Gasteiger partial charge in [0.1, 0.15) is 0 Å². The number of carbonyl (C=O) groups excluding carboxylic acids is 2. The van der Waals surface area contributed by atoms with Crippen LogP contribution in [0, 0.1) is 0 Å². The number of esters is 1. The molecule has 0 aromatic heterocycles. The third-order valence-corrected chi connectivity index (χ3v) is 2.78. The number of carbonyl (C=O) groups is 2. The molecule has 0 saturated carbocycles. The van der Waals surface area contributed by atoms with Crippen LogP contribution in [0.25, 0.3) is 0 Å². The molecule has 98 valence electrons. The Bertz CT molecular complexity index is 261. The Morgan fingerprint density at radius 2 is 2.18 bits per heavy atom. The molecule has 1 saturated heterocycles. The van der Waals surface area contributed by atoms with E-state index in [0.29, 0.717) is 13.2 Å². The van der Waals surface area contributed by atoms with E-state index in [-0.39, 0.29) is 30.8 Å². The van der Waals surface area contributed by atoms with Crippen molar-refractivity contribution in [3.05, 3.63) is 0 Å². The quantitative estimate of drug-likeness (QED) is 0.652. The van der Waals surface area contributed by atoms with Crippen LogP contribution in [0.5, 0.6) is 0 Å². The van der Waals surface area contributed by atoms with Gasteiger partial charge in [0.2, 0.25) is 5.91 Å². The van der Waals surface area contributed by atoms with Gasteiger partial charge in [-0.25, -0.2) is 0 Å². The molecule has 5 heteroatoms. The normalized spacial score (nSPS) is 19.1. The first-order valence-electron chi connectivity index (χ1n) is 6.14. The lowest BCUT2D eigenvalue weighted by atomic mass is 10.2. The van der Waals surface area contributed by atoms with Crippen molar-refractivity contribution in [2.75, 3.05) is 26.8 Å². The van der Waals surface area contributed by atoms with Crippen molar-refractivity contribution in [3.8, 4) is 0 Å². The van der Waals surface area contributed by atoms with Gasteiger partial charge in [-0.15, -0.1) is 0 Å². The van der Waals surface area contributed by atoms with Gasteiger partial charge in [-0.3, -0.25) is 9.59 Å². The summed E-state index contributed by atoms with van der Waals surface area (Å²) in [4.78, 5) is 24.4. The van der Waals surface area contributed by atoms with E-state index >= 15 is 0 Å². The van der Waals surface area contributed by atoms with Crippen LogP contribution in [0.15, 0.2) is 0 Å². The minimum atomic E-state index is -0.314. The smallest absolute Gasteiger partial charge is 0.306 e. The summed E-state index contributed by atoms with van der Waals surface area (Å²) in [5, 5.41) is 0. The molecule has 5 nitrogen and oxygen atoms in total. The maximum Gasteiger partial charge on any atom is 0.306 e. The highest BCUT2D eigenvalue weighted by Crippen LogP contribution is 2.13. The van der Waals surface area contributed by atoms with Crippen LogP contribution in [0.4, 0.5) is 0 Å². The molecule has 1 heterocycles. The zero-order valence-electron chi connectivity index (χ0n) is 10.6. The van der Waals surface area contributed by atoms with Crippen molar-refractivity contribution < 1.29 is 19.1 Å². The number of ether oxygens (including phenoxy) is 2. The fourth-order valence-electron chi connectivity index (χ4n) is 1.83. The van der Waals surface area contributed by atoms with Crippen molar-refractivity contribution in [2.45, 2.75) is 38.7 Å². The highest BCUT2D eigenvalue weighted by Gasteiger charge is 2.20. The number of amides is 1. The zero-order valence-corrected chi connectivity index (χ0v) is 10.6. The third-order valence-electron chi connectivity index (χ3n) is 2.78. The second kappa shape index (κ2) is 7.27. The van der Waals surface area contributed by atoms with Gasteiger partial charge in [-0.2, -0.15) is 0 Å². The topological polar surface area (TPSA) is 55.8 Å². The molecule has 1 fully saturated rings. The molecule has 0 aliphatic carbocycles. The standard InChI is InChI=1S/C12H21NO4/c1-3-16-12(15)7-6-11(14)13(2)9-10-5-4-8-17-10/h10H,3-9H2,1-2H3. The monoisotopic (exact) mass is 243 g/mol. The fraction of sp³-hybridized carbons (Fsp3) is 0.833. The molecule has 1 unspecified atom stereocenters. The first kappa shape index (κ1) is 14.0. The summed E-state index contributed by atoms with van der Waals surface area (Å²) in [6.45, 7) is 3.51. The molecule has 0 radical (unpaired) electrons. The van der Waals surface area contributed by atoms with E-state index in [0.717, 1.165) is 19.4 Å². The summed E-state index contributed by atoms with van der Waals surface area (Å²) in [5.41, 5.74) is 0. The average Bonchev–Trinajstić information content (AvgIpc) is 2.79. The van der Waals surface area contributed by atoms with Gasteiger partial charge in [0.15, 0.2) is 0 Å². The van der Waals surface area contributed by atoms with Gasteiger partial charge >= 0.3 is 5.97 Å². The van der Waals surface area contributed by atoms with E-state index < -0.39 is 0 Å². The van der Waals surface area contributed by atoms with Crippen LogP contribution >= 0.6 is 0 Å². The Kier molecular flexibility index (Phi) is 5.97. The summed E-state index contributed by atoms with van der Waals surface area (Å²) < 4.78 is 10.2. The summed E-state index contributed by atoms with van der Waals surface area (Å²) in [6, 6.07) is 0. The Hall–Kier alpha value is -1.10. The van der Waals surface area contributed by atoms with Crippen molar-refractivity contribution in [1.29, 1.82) is 0 Å². The lowest BCUT2D eigenvalue weighted by Gasteiger charge is -2.20. The highest BCUT2D eigenvalue weighted by atomic mass is 16.5. The van der Waals surface area contributed by atoms with E-state index in [2.05, 4.69) is 0 Å². The Balaban J connectivity index is 2.19. The van der Waals surface area contributed by atoms with Crippen LogP contribution < -0.4 is 0 Å². The molecular formula is C12H21NO4. The van der Waals surface area contributed by atoms with Crippen LogP contribution in [0.1, 0.15) is 32.6 Å². The van der Waals surface area contributed by atoms with Crippen LogP contribution in [0.3, 0.4) is 0 Å². The van der Waals surface area contributed by atoms with E-state index in [1.165, 1.54) is 0 Å². The fourth-order valence-corrected chi connectivity index (χ4v) is 1.83. The highest BCUT2D eigenvalue weighted by molar-refractivity contribution is 5.81. The van der Waals surface area contributed by atoms with Gasteiger partial charge in [-0.05, 0) is 19.8 Å². The van der Waals surface area contributed by atoms with Crippen LogP contribution in [-0.4, -0.2) is 49.7 Å². The maximum absolute atomic E-state index is 11.7. The molecule has 0 spiro atoms. The summed E-state index contributed by atoms with van der Waals surface area (Å²) in [7, 11) is 1.75. The Morgan fingerprint density at radius 3 is 2.76 bits per heavy atom. The third kappa shape index (κ3) is 5.17. The number of likely N-dealkylation sites (N-methyl/N-ethyl adjacent to an activating group) is 1. The minimum absolute atomic E-state index is 0.0337. The second-order valence-corrected chi connectivity index (χ2v) is 4.21. The van der Waals surface area contributed by atoms with E-state index in [1.807, 2.05) is 0 Å². The Morgan fingerprint density at radius 1 is 1.41 bits per heavy atom. The van der Waals surface area contributed by atoms with Crippen molar-refractivity contribution in [3.63, 3.8) is 0 Å². The van der Waals surface area contributed by atoms with Gasteiger partial charge in [0, 0.05) is 26.6 Å². The molecule has 0 N–H and O–H groups in total. The SMILES string of the molecule is CCOC(=O)CCC(=O)N(C)CC1CCCO1. The molecule has 1 aliphatic heterocycles. The molecule has 1 rings (SSSR count). The summed E-state index contributed by atoms with van der Waals surface area (Å²) in [5.74, 6) is -0.347. The van der Waals surface area contributed by atoms with Gasteiger partial charge < -0.3 is 14.4 Å². The minimum Gasteiger partial charge on any atom is -0.466 e. The summed E-state index contributed by atoms with van der Waals surface area (Å²) >= 11 is 0. The largest absolute Gasteiger partial charge is 0.466 e. The molecular weight excluding hydrogens is 222 g/mol. The number of hydrogen-bond donors (Lipinski definition) is 0. The first-order chi connectivity index (χ1) is 8.13. The molecule has 0 aromatic rings. The Labute approximate surface area is 102 Å². The van der Waals surface area contributed by atoms with Crippen molar-refractivity contribution in [1.82, 2.24) is 4.90 Å². The van der Waals surface area contributed by atoms with Gasteiger partial charge in [0.25, 0.3) is 0 Å². The predicted molar refractivity (Wildman–Crippen MR) is 62.5 cm³/mol. The van der Waals surface area contributed by atoms with Gasteiger partial charge in [-0.1, -0.05) is 0 Å². The van der Waals surface area contributed by atoms with E-state index in [4.69, 9.17) is 9.47 Å². The first-order valence-corrected chi connectivity index (χ1v) is 6.14. The maximum atomic E-state index is 11.7. The van der Waals surface area contributed by atoms with E-state index in [9.17, 15) is 9.59 Å². The molecule has 1 aliphatic rings. The lowest BCUT2D eigenvalue weighted by molar-refractivity contribution is -0.145. The zero-order chi connectivity index (χ0) is 12.7. The van der Waals surface area contributed by atoms with Gasteiger partial charge in [0.05, 0.1) is 19.1 Å². The van der Waals surface area contributed by atoms with E-state index in [1.54, 1.807) is 18.9 Å². The number of nitrogens with zero attached hydrogens (tertiary/aromatic N) is 1. The number of hydrogen-bond acceptors (Lipinski definition) is 4. The number of rotatable bonds is 6. The lowest BCUT2D eigenvalue weighted by Crippen LogP contribution is -2.34. The second-order valence-electron chi connectivity index (χ2n) is 4.21. The van der Waals surface area contributed by atoms with Crippen molar-refractivity contribution in [2.24, 2.45) is 0 Å². The van der Waals surface area contributed by atoms with Crippen LogP contribution in [-0.2, 0) is 19.1 Å². The van der Waals surface area contributed by atoms with Crippen LogP contribution in [0.2, 0.25) is 0 Å². The predicted octanol–water partition coefficient (Wildman–Crippen LogP) is 0.967. The molecule has 0 aromatic carbocycles.